The van der Waals surface area contributed by atoms with E-state index in [1.807, 2.05) is 18.2 Å². The Kier molecular flexibility index (Phi) is 12.3. The molecule has 0 aromatic heterocycles. The minimum absolute atomic E-state index is 0. The van der Waals surface area contributed by atoms with Crippen LogP contribution >= 0.6 is 40.2 Å². The third-order valence-electron chi connectivity index (χ3n) is 2.11. The van der Waals surface area contributed by atoms with Gasteiger partial charge < -0.3 is 0 Å². The summed E-state index contributed by atoms with van der Waals surface area (Å²) in [4.78, 5) is 0. The van der Waals surface area contributed by atoms with Gasteiger partial charge >= 0.3 is 0 Å². The maximum Gasteiger partial charge on any atom is 0.0777 e. The Bertz CT molecular complexity index is 152. The predicted molar refractivity (Wildman–Crippen MR) is 81.1 cm³/mol. The first-order valence-corrected chi connectivity index (χ1v) is 8.13. The maximum atomic E-state index is 3.84. The van der Waals surface area contributed by atoms with Crippen LogP contribution in [-0.4, -0.2) is 30.0 Å². The van der Waals surface area contributed by atoms with Gasteiger partial charge in [0.05, 0.1) is 24.6 Å². The summed E-state index contributed by atoms with van der Waals surface area (Å²) >= 11 is 3.52. The van der Waals surface area contributed by atoms with Crippen molar-refractivity contribution in [2.24, 2.45) is 0 Å². The van der Waals surface area contributed by atoms with Crippen LogP contribution in [0.15, 0.2) is 38.0 Å². The van der Waals surface area contributed by atoms with Crippen molar-refractivity contribution in [2.75, 3.05) is 30.0 Å². The second-order valence-electron chi connectivity index (χ2n) is 3.17. The van der Waals surface area contributed by atoms with E-state index in [1.54, 1.807) is 0 Å². The summed E-state index contributed by atoms with van der Waals surface area (Å²) in [5, 5.41) is 1.08. The smallest absolute Gasteiger partial charge is 0.0777 e. The van der Waals surface area contributed by atoms with Crippen LogP contribution in [0, 0.1) is 0 Å². The van der Waals surface area contributed by atoms with Gasteiger partial charge in [-0.05, 0) is 0 Å². The molecule has 0 aliphatic heterocycles. The quantitative estimate of drug-likeness (QED) is 0.345. The van der Waals surface area contributed by atoms with Crippen molar-refractivity contribution in [3.8, 4) is 0 Å². The van der Waals surface area contributed by atoms with Crippen molar-refractivity contribution in [2.45, 2.75) is 0 Å². The molecule has 0 aliphatic rings. The average Bonchev–Trinajstić information content (AvgIpc) is 2.06. The second-order valence-corrected chi connectivity index (χ2v) is 8.19. The van der Waals surface area contributed by atoms with Crippen molar-refractivity contribution in [1.82, 2.24) is 0 Å². The lowest BCUT2D eigenvalue weighted by Crippen LogP contribution is -2.09. The Hall–Kier alpha value is 0.610. The number of halogens is 2. The third kappa shape index (κ3) is 6.16. The standard InChI is InChI=1S/C11H19BrP.BrH/c1-4-8-13(9-5-2,10-6-3)11-7-12;/h4-6H,1-3,7-11H2;1H/q+1;. The van der Waals surface area contributed by atoms with Crippen molar-refractivity contribution in [3.63, 3.8) is 0 Å². The molecule has 3 heteroatoms. The first-order valence-electron chi connectivity index (χ1n) is 4.48. The molecule has 0 rings (SSSR count). The molecule has 0 amide bonds. The number of rotatable bonds is 8. The normalized spacial score (nSPS) is 10.1. The van der Waals surface area contributed by atoms with Crippen LogP contribution in [0.2, 0.25) is 0 Å². The molecule has 0 heterocycles. The molecule has 0 fully saturated rings. The van der Waals surface area contributed by atoms with Gasteiger partial charge in [-0.15, -0.1) is 17.0 Å². The van der Waals surface area contributed by atoms with E-state index in [1.165, 1.54) is 6.16 Å². The van der Waals surface area contributed by atoms with Gasteiger partial charge in [0.15, 0.2) is 0 Å². The fourth-order valence-electron chi connectivity index (χ4n) is 1.50. The van der Waals surface area contributed by atoms with E-state index in [-0.39, 0.29) is 17.0 Å². The summed E-state index contributed by atoms with van der Waals surface area (Å²) in [5.41, 5.74) is 0. The van der Waals surface area contributed by atoms with E-state index in [0.717, 1.165) is 23.8 Å². The fraction of sp³-hybridized carbons (Fsp3) is 0.455. The molecule has 0 N–H and O–H groups in total. The third-order valence-corrected chi connectivity index (χ3v) is 7.39. The molecule has 0 saturated carbocycles. The van der Waals surface area contributed by atoms with Crippen LogP contribution in [0.5, 0.6) is 0 Å². The van der Waals surface area contributed by atoms with Crippen LogP contribution in [0.25, 0.3) is 0 Å². The summed E-state index contributed by atoms with van der Waals surface area (Å²) in [6.07, 6.45) is 10.8. The SMILES string of the molecule is Br.C=CC[P+](CC=C)(CC=C)CCBr. The van der Waals surface area contributed by atoms with E-state index >= 15 is 0 Å². The molecule has 0 aromatic carbocycles. The van der Waals surface area contributed by atoms with Crippen LogP contribution in [0.3, 0.4) is 0 Å². The molecule has 14 heavy (non-hydrogen) atoms. The van der Waals surface area contributed by atoms with E-state index in [4.69, 9.17) is 0 Å². The van der Waals surface area contributed by atoms with Gasteiger partial charge in [-0.25, -0.2) is 0 Å². The molecule has 0 atom stereocenters. The molecule has 0 bridgehead atoms. The largest absolute Gasteiger partial charge is 0.114 e. The Morgan fingerprint density at radius 1 is 0.929 bits per heavy atom. The molecule has 0 aromatic rings. The van der Waals surface area contributed by atoms with Gasteiger partial charge in [-0.3, -0.25) is 0 Å². The van der Waals surface area contributed by atoms with Crippen molar-refractivity contribution < 1.29 is 0 Å². The zero-order valence-electron chi connectivity index (χ0n) is 8.62. The minimum Gasteiger partial charge on any atom is -0.114 e. The van der Waals surface area contributed by atoms with Crippen LogP contribution in [-0.2, 0) is 0 Å². The summed E-state index contributed by atoms with van der Waals surface area (Å²) in [5.74, 6) is 0. The van der Waals surface area contributed by atoms with Gasteiger partial charge in [0.2, 0.25) is 0 Å². The number of hydrogen-bond acceptors (Lipinski definition) is 0. The van der Waals surface area contributed by atoms with Crippen LogP contribution < -0.4 is 0 Å². The van der Waals surface area contributed by atoms with Crippen molar-refractivity contribution >= 4 is 40.2 Å². The lowest BCUT2D eigenvalue weighted by molar-refractivity contribution is 1.40. The number of hydrogen-bond donors (Lipinski definition) is 0. The van der Waals surface area contributed by atoms with Crippen molar-refractivity contribution in [3.05, 3.63) is 38.0 Å². The highest BCUT2D eigenvalue weighted by Gasteiger charge is 2.32. The Labute approximate surface area is 108 Å². The molecule has 0 spiro atoms. The van der Waals surface area contributed by atoms with E-state index in [0.29, 0.717) is 0 Å². The Morgan fingerprint density at radius 3 is 1.50 bits per heavy atom. The Morgan fingerprint density at radius 2 is 1.29 bits per heavy atom. The lowest BCUT2D eigenvalue weighted by atomic mass is 10.7. The van der Waals surface area contributed by atoms with Gasteiger partial charge in [0.25, 0.3) is 0 Å². The topological polar surface area (TPSA) is 0 Å². The monoisotopic (exact) mass is 341 g/mol. The van der Waals surface area contributed by atoms with Crippen molar-refractivity contribution in [1.29, 1.82) is 0 Å². The van der Waals surface area contributed by atoms with Gasteiger partial charge in [0, 0.05) is 12.6 Å². The Balaban J connectivity index is 0. The summed E-state index contributed by atoms with van der Waals surface area (Å²) in [7, 11) is -0.897. The van der Waals surface area contributed by atoms with Crippen LogP contribution in [0.1, 0.15) is 0 Å². The minimum atomic E-state index is -0.897. The molecule has 0 saturated heterocycles. The molecular weight excluding hydrogens is 323 g/mol. The average molecular weight is 343 g/mol. The zero-order valence-corrected chi connectivity index (χ0v) is 12.8. The van der Waals surface area contributed by atoms with E-state index < -0.39 is 7.26 Å². The maximum absolute atomic E-state index is 3.84. The summed E-state index contributed by atoms with van der Waals surface area (Å²) < 4.78 is 0. The molecular formula is C11H20Br2P+. The molecule has 0 aliphatic carbocycles. The first-order chi connectivity index (χ1) is 6.24. The second kappa shape index (κ2) is 10.1. The predicted octanol–water partition coefficient (Wildman–Crippen LogP) is 4.53. The van der Waals surface area contributed by atoms with Crippen LogP contribution in [0.4, 0.5) is 0 Å². The highest BCUT2D eigenvalue weighted by molar-refractivity contribution is 9.09. The molecule has 82 valence electrons. The zero-order chi connectivity index (χ0) is 10.2. The summed E-state index contributed by atoms with van der Waals surface area (Å²) in [6.45, 7) is 11.5. The highest BCUT2D eigenvalue weighted by Crippen LogP contribution is 2.58. The highest BCUT2D eigenvalue weighted by atomic mass is 79.9. The number of allylic oxidation sites excluding steroid dienone is 3. The lowest BCUT2D eigenvalue weighted by Gasteiger charge is -2.22. The van der Waals surface area contributed by atoms with E-state index in [2.05, 4.69) is 35.7 Å². The van der Waals surface area contributed by atoms with Gasteiger partial charge in [-0.2, -0.15) is 0 Å². The van der Waals surface area contributed by atoms with E-state index in [9.17, 15) is 0 Å². The molecule has 0 radical (unpaired) electrons. The van der Waals surface area contributed by atoms with Gasteiger partial charge in [-0.1, -0.05) is 53.9 Å². The first kappa shape index (κ1) is 17.0. The fourth-order valence-corrected chi connectivity index (χ4v) is 6.75. The number of alkyl halides is 1. The summed E-state index contributed by atoms with van der Waals surface area (Å²) in [6, 6.07) is 0. The molecule has 0 nitrogen and oxygen atoms in total. The van der Waals surface area contributed by atoms with Gasteiger partial charge in [0.1, 0.15) is 0 Å². The molecule has 0 unspecified atom stereocenters.